The van der Waals surface area contributed by atoms with E-state index >= 15 is 0 Å². The van der Waals surface area contributed by atoms with Crippen LogP contribution in [0.2, 0.25) is 0 Å². The third-order valence-corrected chi connectivity index (χ3v) is 2.66. The average Bonchev–Trinajstić information content (AvgIpc) is 2.29. The van der Waals surface area contributed by atoms with Gasteiger partial charge in [0.1, 0.15) is 0 Å². The summed E-state index contributed by atoms with van der Waals surface area (Å²) in [6.45, 7) is -0.0799. The van der Waals surface area contributed by atoms with Crippen LogP contribution in [0.4, 0.5) is 13.2 Å². The summed E-state index contributed by atoms with van der Waals surface area (Å²) >= 11 is 3.27. The molecule has 90 valence electrons. The highest BCUT2D eigenvalue weighted by atomic mass is 79.9. The van der Waals surface area contributed by atoms with Crippen LogP contribution >= 0.6 is 15.9 Å². The molecule has 0 aromatic heterocycles. The summed E-state index contributed by atoms with van der Waals surface area (Å²) in [5, 5.41) is 3.68. The van der Waals surface area contributed by atoms with Gasteiger partial charge in [-0.15, -0.1) is 0 Å². The highest BCUT2D eigenvalue weighted by molar-refractivity contribution is 9.10. The zero-order valence-electron chi connectivity index (χ0n) is 8.42. The molecule has 1 aliphatic heterocycles. The summed E-state index contributed by atoms with van der Waals surface area (Å²) in [6.07, 6.45) is -4.48. The molecule has 1 N–H and O–H groups in total. The van der Waals surface area contributed by atoms with E-state index in [1.807, 2.05) is 5.43 Å². The molecule has 0 spiro atoms. The summed E-state index contributed by atoms with van der Waals surface area (Å²) in [5.74, 6) is -1.06. The van der Waals surface area contributed by atoms with Crippen molar-refractivity contribution < 1.29 is 13.2 Å². The third kappa shape index (κ3) is 2.85. The number of halogens is 4. The molecule has 1 aromatic carbocycles. The fourth-order valence-corrected chi connectivity index (χ4v) is 1.56. The zero-order valence-corrected chi connectivity index (χ0v) is 10.0. The molecule has 0 aliphatic carbocycles. The van der Waals surface area contributed by atoms with Crippen molar-refractivity contribution in [2.75, 3.05) is 6.54 Å². The van der Waals surface area contributed by atoms with E-state index in [0.717, 1.165) is 10.0 Å². The summed E-state index contributed by atoms with van der Waals surface area (Å²) in [6, 6.07) is 7.11. The Hall–Kier alpha value is -1.37. The second-order valence-electron chi connectivity index (χ2n) is 3.34. The van der Waals surface area contributed by atoms with E-state index in [9.17, 15) is 13.2 Å². The van der Waals surface area contributed by atoms with Crippen molar-refractivity contribution in [1.82, 2.24) is 5.43 Å². The summed E-state index contributed by atoms with van der Waals surface area (Å²) in [4.78, 5) is 3.42. The Morgan fingerprint density at radius 2 is 1.82 bits per heavy atom. The van der Waals surface area contributed by atoms with Crippen LogP contribution in [0.25, 0.3) is 0 Å². The minimum atomic E-state index is -4.48. The molecule has 0 atom stereocenters. The van der Waals surface area contributed by atoms with Crippen molar-refractivity contribution in [3.05, 3.63) is 34.3 Å². The van der Waals surface area contributed by atoms with Crippen LogP contribution in [-0.4, -0.2) is 24.3 Å². The number of alkyl halides is 3. The molecular formula is C10H7BrF3N3. The Morgan fingerprint density at radius 3 is 2.29 bits per heavy atom. The van der Waals surface area contributed by atoms with E-state index in [1.54, 1.807) is 24.3 Å². The maximum absolute atomic E-state index is 12.3. The molecule has 3 nitrogen and oxygen atoms in total. The van der Waals surface area contributed by atoms with Crippen molar-refractivity contribution in [2.24, 2.45) is 10.1 Å². The number of hydrazone groups is 1. The van der Waals surface area contributed by atoms with Crippen molar-refractivity contribution in [3.63, 3.8) is 0 Å². The van der Waals surface area contributed by atoms with Gasteiger partial charge in [0.25, 0.3) is 0 Å². The predicted octanol–water partition coefficient (Wildman–Crippen LogP) is 2.72. The zero-order chi connectivity index (χ0) is 12.5. The quantitative estimate of drug-likeness (QED) is 0.851. The molecule has 1 heterocycles. The van der Waals surface area contributed by atoms with Gasteiger partial charge < -0.3 is 0 Å². The largest absolute Gasteiger partial charge is 0.450 e. The molecule has 0 saturated carbocycles. The maximum Gasteiger partial charge on any atom is 0.450 e. The normalized spacial score (nSPS) is 16.0. The van der Waals surface area contributed by atoms with Crippen molar-refractivity contribution in [2.45, 2.75) is 6.18 Å². The van der Waals surface area contributed by atoms with Gasteiger partial charge in [0.05, 0.1) is 12.3 Å². The molecule has 0 bridgehead atoms. The van der Waals surface area contributed by atoms with Gasteiger partial charge in [0, 0.05) is 4.47 Å². The maximum atomic E-state index is 12.3. The van der Waals surface area contributed by atoms with Crippen LogP contribution < -0.4 is 5.43 Å². The first-order chi connectivity index (χ1) is 7.97. The number of hydrogen-bond donors (Lipinski definition) is 1. The number of nitrogens with zero attached hydrogens (tertiary/aromatic N) is 2. The predicted molar refractivity (Wildman–Crippen MR) is 62.2 cm³/mol. The van der Waals surface area contributed by atoms with Crippen LogP contribution in [-0.2, 0) is 0 Å². The molecule has 2 rings (SSSR count). The van der Waals surface area contributed by atoms with Crippen molar-refractivity contribution >= 4 is 27.5 Å². The Kier molecular flexibility index (Phi) is 3.19. The molecule has 0 fully saturated rings. The van der Waals surface area contributed by atoms with Gasteiger partial charge in [0.2, 0.25) is 5.84 Å². The molecule has 17 heavy (non-hydrogen) atoms. The van der Waals surface area contributed by atoms with Crippen molar-refractivity contribution in [3.8, 4) is 0 Å². The first-order valence-electron chi connectivity index (χ1n) is 4.67. The van der Waals surface area contributed by atoms with Crippen LogP contribution in [0.3, 0.4) is 0 Å². The number of hydrogen-bond acceptors (Lipinski definition) is 3. The van der Waals surface area contributed by atoms with E-state index in [4.69, 9.17) is 0 Å². The number of amidine groups is 1. The lowest BCUT2D eigenvalue weighted by atomic mass is 10.1. The second kappa shape index (κ2) is 4.48. The second-order valence-corrected chi connectivity index (χ2v) is 4.26. The molecule has 0 unspecified atom stereocenters. The monoisotopic (exact) mass is 305 g/mol. The third-order valence-electron chi connectivity index (χ3n) is 2.13. The van der Waals surface area contributed by atoms with Gasteiger partial charge in [-0.05, 0) is 17.7 Å². The Labute approximate surface area is 104 Å². The minimum Gasteiger partial charge on any atom is -0.257 e. The molecule has 0 saturated heterocycles. The highest BCUT2D eigenvalue weighted by Crippen LogP contribution is 2.18. The highest BCUT2D eigenvalue weighted by Gasteiger charge is 2.37. The SMILES string of the molecule is FC(F)(F)C1=NCC(c2ccc(Br)cc2)=NN1. The van der Waals surface area contributed by atoms with Crippen LogP contribution in [0.15, 0.2) is 38.8 Å². The fourth-order valence-electron chi connectivity index (χ4n) is 1.30. The fraction of sp³-hybridized carbons (Fsp3) is 0.200. The standard InChI is InChI=1S/C10H7BrF3N3/c11-7-3-1-6(2-4-7)8-5-15-9(17-16-8)10(12,13)14/h1-4H,5H2,(H,15,17). The Bertz CT molecular complexity index is 477. The Morgan fingerprint density at radius 1 is 1.18 bits per heavy atom. The van der Waals surface area contributed by atoms with Gasteiger partial charge in [-0.25, -0.2) is 0 Å². The summed E-state index contributed by atoms with van der Waals surface area (Å²) < 4.78 is 37.7. The number of nitrogens with one attached hydrogen (secondary N) is 1. The average molecular weight is 306 g/mol. The van der Waals surface area contributed by atoms with E-state index in [1.165, 1.54) is 0 Å². The van der Waals surface area contributed by atoms with Crippen LogP contribution in [0, 0.1) is 0 Å². The van der Waals surface area contributed by atoms with Gasteiger partial charge in [0.15, 0.2) is 0 Å². The molecule has 0 amide bonds. The van der Waals surface area contributed by atoms with Gasteiger partial charge in [-0.2, -0.15) is 18.3 Å². The smallest absolute Gasteiger partial charge is 0.257 e. The van der Waals surface area contributed by atoms with E-state index in [0.29, 0.717) is 5.71 Å². The summed E-state index contributed by atoms with van der Waals surface area (Å²) in [5.41, 5.74) is 3.14. The number of rotatable bonds is 1. The van der Waals surface area contributed by atoms with Crippen LogP contribution in [0.1, 0.15) is 5.56 Å². The molecule has 7 heteroatoms. The molecule has 1 aliphatic rings. The molecule has 1 aromatic rings. The Balaban J connectivity index is 2.14. The molecule has 0 radical (unpaired) electrons. The number of benzene rings is 1. The first kappa shape index (κ1) is 12.1. The van der Waals surface area contributed by atoms with E-state index < -0.39 is 12.0 Å². The summed E-state index contributed by atoms with van der Waals surface area (Å²) in [7, 11) is 0. The van der Waals surface area contributed by atoms with Crippen LogP contribution in [0.5, 0.6) is 0 Å². The number of aliphatic imine (C=N–C) groups is 1. The van der Waals surface area contributed by atoms with E-state index in [2.05, 4.69) is 26.0 Å². The lowest BCUT2D eigenvalue weighted by Crippen LogP contribution is -2.38. The first-order valence-corrected chi connectivity index (χ1v) is 5.46. The van der Waals surface area contributed by atoms with Gasteiger partial charge in [-0.1, -0.05) is 28.1 Å². The van der Waals surface area contributed by atoms with Gasteiger partial charge >= 0.3 is 6.18 Å². The van der Waals surface area contributed by atoms with E-state index in [-0.39, 0.29) is 6.54 Å². The lowest BCUT2D eigenvalue weighted by molar-refractivity contribution is -0.0620. The topological polar surface area (TPSA) is 36.8 Å². The minimum absolute atomic E-state index is 0.0799. The van der Waals surface area contributed by atoms with Crippen molar-refractivity contribution in [1.29, 1.82) is 0 Å². The molecular weight excluding hydrogens is 299 g/mol. The van der Waals surface area contributed by atoms with Gasteiger partial charge in [-0.3, -0.25) is 10.4 Å². The lowest BCUT2D eigenvalue weighted by Gasteiger charge is -2.15.